The fourth-order valence-corrected chi connectivity index (χ4v) is 3.23. The van der Waals surface area contributed by atoms with Gasteiger partial charge in [0, 0.05) is 29.7 Å². The summed E-state index contributed by atoms with van der Waals surface area (Å²) < 4.78 is 5.42. The molecule has 2 heterocycles. The van der Waals surface area contributed by atoms with Gasteiger partial charge < -0.3 is 15.0 Å². The first kappa shape index (κ1) is 17.4. The number of nitrogens with zero attached hydrogens (tertiary/aromatic N) is 3. The van der Waals surface area contributed by atoms with Gasteiger partial charge in [-0.15, -0.1) is 0 Å². The van der Waals surface area contributed by atoms with Crippen molar-refractivity contribution in [3.8, 4) is 0 Å². The van der Waals surface area contributed by atoms with Gasteiger partial charge in [0.1, 0.15) is 12.1 Å². The first-order chi connectivity index (χ1) is 13.1. The standard InChI is InChI=1S/C21H22N4O2/c1-14-3-4-16(11-15(14)2)21(26)24-17-5-6-18-19(12-17)22-13-23-20(18)25-7-9-27-10-8-25/h3-6,11-13H,7-10H2,1-2H3,(H,24,26). The molecule has 0 bridgehead atoms. The van der Waals surface area contributed by atoms with E-state index in [9.17, 15) is 4.79 Å². The van der Waals surface area contributed by atoms with Crippen LogP contribution in [0.1, 0.15) is 21.5 Å². The predicted octanol–water partition coefficient (Wildman–Crippen LogP) is 3.34. The highest BCUT2D eigenvalue weighted by Crippen LogP contribution is 2.26. The normalized spacial score (nSPS) is 14.4. The van der Waals surface area contributed by atoms with Gasteiger partial charge in [-0.05, 0) is 55.3 Å². The summed E-state index contributed by atoms with van der Waals surface area (Å²) in [5.41, 5.74) is 4.45. The monoisotopic (exact) mass is 362 g/mol. The summed E-state index contributed by atoms with van der Waals surface area (Å²) in [6.45, 7) is 7.08. The Kier molecular flexibility index (Phi) is 4.73. The first-order valence-electron chi connectivity index (χ1n) is 9.08. The van der Waals surface area contributed by atoms with Crippen LogP contribution in [0, 0.1) is 13.8 Å². The van der Waals surface area contributed by atoms with Crippen LogP contribution in [-0.4, -0.2) is 42.2 Å². The van der Waals surface area contributed by atoms with Crippen molar-refractivity contribution in [1.82, 2.24) is 9.97 Å². The van der Waals surface area contributed by atoms with Crippen LogP contribution in [0.25, 0.3) is 10.9 Å². The molecule has 0 unspecified atom stereocenters. The fraction of sp³-hybridized carbons (Fsp3) is 0.286. The number of ether oxygens (including phenoxy) is 1. The highest BCUT2D eigenvalue weighted by molar-refractivity contribution is 6.05. The molecule has 6 heteroatoms. The van der Waals surface area contributed by atoms with Crippen molar-refractivity contribution in [2.75, 3.05) is 36.5 Å². The molecule has 1 N–H and O–H groups in total. The zero-order chi connectivity index (χ0) is 18.8. The fourth-order valence-electron chi connectivity index (χ4n) is 3.23. The lowest BCUT2D eigenvalue weighted by molar-refractivity contribution is 0.102. The molecule has 1 aromatic heterocycles. The van der Waals surface area contributed by atoms with Crippen LogP contribution < -0.4 is 10.2 Å². The van der Waals surface area contributed by atoms with E-state index in [-0.39, 0.29) is 5.91 Å². The Morgan fingerprint density at radius 1 is 1.04 bits per heavy atom. The van der Waals surface area contributed by atoms with Gasteiger partial charge in [-0.25, -0.2) is 9.97 Å². The number of amides is 1. The van der Waals surface area contributed by atoms with E-state index in [4.69, 9.17) is 4.74 Å². The zero-order valence-electron chi connectivity index (χ0n) is 15.5. The second-order valence-electron chi connectivity index (χ2n) is 6.78. The topological polar surface area (TPSA) is 67.4 Å². The molecule has 138 valence electrons. The van der Waals surface area contributed by atoms with Crippen molar-refractivity contribution in [2.45, 2.75) is 13.8 Å². The average molecular weight is 362 g/mol. The molecule has 2 aromatic carbocycles. The smallest absolute Gasteiger partial charge is 0.255 e. The number of nitrogens with one attached hydrogen (secondary N) is 1. The van der Waals surface area contributed by atoms with E-state index in [1.54, 1.807) is 6.33 Å². The number of carbonyl (C=O) groups is 1. The van der Waals surface area contributed by atoms with Crippen LogP contribution in [0.15, 0.2) is 42.7 Å². The van der Waals surface area contributed by atoms with E-state index in [0.717, 1.165) is 41.1 Å². The number of rotatable bonds is 3. The van der Waals surface area contributed by atoms with Crippen LogP contribution in [-0.2, 0) is 4.74 Å². The maximum absolute atomic E-state index is 12.6. The van der Waals surface area contributed by atoms with Gasteiger partial charge in [-0.3, -0.25) is 4.79 Å². The Morgan fingerprint density at radius 2 is 1.85 bits per heavy atom. The molecule has 1 fully saturated rings. The van der Waals surface area contributed by atoms with Crippen molar-refractivity contribution in [3.63, 3.8) is 0 Å². The highest BCUT2D eigenvalue weighted by Gasteiger charge is 2.16. The number of fused-ring (bicyclic) bond motifs is 1. The highest BCUT2D eigenvalue weighted by atomic mass is 16.5. The number of carbonyl (C=O) groups excluding carboxylic acids is 1. The molecular weight excluding hydrogens is 340 g/mol. The summed E-state index contributed by atoms with van der Waals surface area (Å²) in [5.74, 6) is 0.787. The molecule has 4 rings (SSSR count). The number of hydrogen-bond donors (Lipinski definition) is 1. The minimum Gasteiger partial charge on any atom is -0.378 e. The third-order valence-electron chi connectivity index (χ3n) is 4.95. The van der Waals surface area contributed by atoms with Gasteiger partial charge in [0.25, 0.3) is 5.91 Å². The van der Waals surface area contributed by atoms with Gasteiger partial charge in [0.05, 0.1) is 18.7 Å². The summed E-state index contributed by atoms with van der Waals surface area (Å²) in [6, 6.07) is 11.5. The lowest BCUT2D eigenvalue weighted by Crippen LogP contribution is -2.36. The summed E-state index contributed by atoms with van der Waals surface area (Å²) in [7, 11) is 0. The largest absolute Gasteiger partial charge is 0.378 e. The van der Waals surface area contributed by atoms with Gasteiger partial charge in [-0.1, -0.05) is 6.07 Å². The first-order valence-corrected chi connectivity index (χ1v) is 9.08. The summed E-state index contributed by atoms with van der Waals surface area (Å²) in [6.07, 6.45) is 1.57. The van der Waals surface area contributed by atoms with Crippen LogP contribution in [0.2, 0.25) is 0 Å². The Hall–Kier alpha value is -2.99. The molecule has 1 aliphatic heterocycles. The summed E-state index contributed by atoms with van der Waals surface area (Å²) in [4.78, 5) is 23.6. The van der Waals surface area contributed by atoms with Crippen molar-refractivity contribution in [3.05, 3.63) is 59.4 Å². The summed E-state index contributed by atoms with van der Waals surface area (Å²) in [5, 5.41) is 3.94. The molecule has 27 heavy (non-hydrogen) atoms. The quantitative estimate of drug-likeness (QED) is 0.774. The number of anilines is 2. The second kappa shape index (κ2) is 7.32. The number of morpholine rings is 1. The lowest BCUT2D eigenvalue weighted by atomic mass is 10.1. The molecule has 1 aliphatic rings. The van der Waals surface area contributed by atoms with E-state index < -0.39 is 0 Å². The predicted molar refractivity (Wildman–Crippen MR) is 106 cm³/mol. The third-order valence-corrected chi connectivity index (χ3v) is 4.95. The maximum Gasteiger partial charge on any atom is 0.255 e. The number of aryl methyl sites for hydroxylation is 2. The molecular formula is C21H22N4O2. The lowest BCUT2D eigenvalue weighted by Gasteiger charge is -2.28. The van der Waals surface area contributed by atoms with Crippen molar-refractivity contribution < 1.29 is 9.53 Å². The van der Waals surface area contributed by atoms with E-state index in [2.05, 4.69) is 20.2 Å². The van der Waals surface area contributed by atoms with Crippen LogP contribution >= 0.6 is 0 Å². The van der Waals surface area contributed by atoms with E-state index >= 15 is 0 Å². The molecule has 0 spiro atoms. The Morgan fingerprint density at radius 3 is 2.63 bits per heavy atom. The molecule has 1 saturated heterocycles. The molecule has 1 amide bonds. The molecule has 0 aliphatic carbocycles. The van der Waals surface area contributed by atoms with E-state index in [0.29, 0.717) is 18.8 Å². The minimum atomic E-state index is -0.125. The molecule has 6 nitrogen and oxygen atoms in total. The summed E-state index contributed by atoms with van der Waals surface area (Å²) >= 11 is 0. The van der Waals surface area contributed by atoms with Gasteiger partial charge in [0.15, 0.2) is 0 Å². The Labute approximate surface area is 158 Å². The van der Waals surface area contributed by atoms with Crippen LogP contribution in [0.5, 0.6) is 0 Å². The minimum absolute atomic E-state index is 0.125. The van der Waals surface area contributed by atoms with Crippen molar-refractivity contribution >= 4 is 28.3 Å². The number of benzene rings is 2. The Bertz CT molecular complexity index is 997. The van der Waals surface area contributed by atoms with Crippen molar-refractivity contribution in [1.29, 1.82) is 0 Å². The SMILES string of the molecule is Cc1ccc(C(=O)Nc2ccc3c(N4CCOCC4)ncnc3c2)cc1C. The molecule has 3 aromatic rings. The van der Waals surface area contributed by atoms with Gasteiger partial charge >= 0.3 is 0 Å². The van der Waals surface area contributed by atoms with Crippen molar-refractivity contribution in [2.24, 2.45) is 0 Å². The average Bonchev–Trinajstić information content (AvgIpc) is 2.70. The maximum atomic E-state index is 12.6. The number of aromatic nitrogens is 2. The number of hydrogen-bond acceptors (Lipinski definition) is 5. The zero-order valence-corrected chi connectivity index (χ0v) is 15.5. The third kappa shape index (κ3) is 3.61. The van der Waals surface area contributed by atoms with E-state index in [1.807, 2.05) is 50.2 Å². The second-order valence-corrected chi connectivity index (χ2v) is 6.78. The molecule has 0 saturated carbocycles. The van der Waals surface area contributed by atoms with Gasteiger partial charge in [0.2, 0.25) is 0 Å². The van der Waals surface area contributed by atoms with Crippen LogP contribution in [0.4, 0.5) is 11.5 Å². The molecule has 0 atom stereocenters. The van der Waals surface area contributed by atoms with Crippen LogP contribution in [0.3, 0.4) is 0 Å². The van der Waals surface area contributed by atoms with E-state index in [1.165, 1.54) is 5.56 Å². The Balaban J connectivity index is 1.60. The van der Waals surface area contributed by atoms with Gasteiger partial charge in [-0.2, -0.15) is 0 Å². The molecule has 0 radical (unpaired) electrons.